The second kappa shape index (κ2) is 5.34. The molecule has 0 bridgehead atoms. The van der Waals surface area contributed by atoms with Crippen LogP contribution in [-0.4, -0.2) is 15.0 Å². The van der Waals surface area contributed by atoms with Crippen LogP contribution in [0.25, 0.3) is 11.0 Å². The van der Waals surface area contributed by atoms with Crippen molar-refractivity contribution in [2.45, 2.75) is 0 Å². The number of rotatable bonds is 2. The number of nitro benzene ring substituents is 1. The number of fused-ring (bicyclic) bond motifs is 1. The molecule has 1 aromatic heterocycles. The molecule has 2 rings (SSSR count). The van der Waals surface area contributed by atoms with E-state index in [2.05, 4.69) is 4.42 Å². The summed E-state index contributed by atoms with van der Waals surface area (Å²) in [6.07, 6.45) is 0. The third-order valence-electron chi connectivity index (χ3n) is 2.23. The Kier molecular flexibility index (Phi) is 4.24. The Balaban J connectivity index is 0.00000180. The van der Waals surface area contributed by atoms with Gasteiger partial charge in [0.1, 0.15) is 5.58 Å². The summed E-state index contributed by atoms with van der Waals surface area (Å²) in [4.78, 5) is 30.5. The maximum absolute atomic E-state index is 11.2. The summed E-state index contributed by atoms with van der Waals surface area (Å²) in [6, 6.07) is 3.02. The van der Waals surface area contributed by atoms with Gasteiger partial charge in [0.2, 0.25) is 5.75 Å². The van der Waals surface area contributed by atoms with Gasteiger partial charge in [-0.2, -0.15) is 0 Å². The zero-order valence-corrected chi connectivity index (χ0v) is 11.5. The monoisotopic (exact) mass is 275 g/mol. The molecule has 1 aromatic carbocycles. The van der Waals surface area contributed by atoms with Crippen molar-refractivity contribution in [1.82, 2.24) is 0 Å². The molecule has 0 radical (unpaired) electrons. The van der Waals surface area contributed by atoms with Gasteiger partial charge in [-0.15, -0.1) is 0 Å². The van der Waals surface area contributed by atoms with E-state index in [-0.39, 0.29) is 46.2 Å². The summed E-state index contributed by atoms with van der Waals surface area (Å²) < 4.78 is 4.59. The van der Waals surface area contributed by atoms with Crippen molar-refractivity contribution in [1.29, 1.82) is 0 Å². The van der Waals surface area contributed by atoms with E-state index >= 15 is 0 Å². The molecule has 19 heavy (non-hydrogen) atoms. The zero-order chi connectivity index (χ0) is 13.4. The summed E-state index contributed by atoms with van der Waals surface area (Å²) >= 11 is 0. The van der Waals surface area contributed by atoms with Gasteiger partial charge in [-0.1, -0.05) is 0 Å². The number of nitro groups is 2. The quantitative estimate of drug-likeness (QED) is 0.299. The van der Waals surface area contributed by atoms with Gasteiger partial charge in [0.05, 0.1) is 15.2 Å². The van der Waals surface area contributed by atoms with Gasteiger partial charge in [0.15, 0.2) is 0 Å². The topological polar surface area (TPSA) is 137 Å². The standard InChI is InChI=1S/C9H4N2O7.Na/c12-8-5-3-4(10(14)15)1-2-6(5)18-9(13)7(8)11(16)17;/h1-3,12H;/q;+1. The third kappa shape index (κ3) is 2.57. The number of hydrogen-bond acceptors (Lipinski definition) is 7. The Bertz CT molecular complexity index is 739. The summed E-state index contributed by atoms with van der Waals surface area (Å²) in [5, 5.41) is 30.4. The minimum absolute atomic E-state index is 0. The van der Waals surface area contributed by atoms with Crippen molar-refractivity contribution < 1.29 is 48.9 Å². The Morgan fingerprint density at radius 3 is 2.32 bits per heavy atom. The van der Waals surface area contributed by atoms with Crippen molar-refractivity contribution in [2.24, 2.45) is 0 Å². The molecule has 0 aliphatic heterocycles. The molecule has 9 nitrogen and oxygen atoms in total. The zero-order valence-electron chi connectivity index (χ0n) is 9.52. The van der Waals surface area contributed by atoms with Crippen LogP contribution in [0, 0.1) is 20.2 Å². The maximum Gasteiger partial charge on any atom is 1.00 e. The maximum atomic E-state index is 11.2. The van der Waals surface area contributed by atoms with Crippen LogP contribution >= 0.6 is 0 Å². The van der Waals surface area contributed by atoms with Gasteiger partial charge < -0.3 is 9.52 Å². The fourth-order valence-electron chi connectivity index (χ4n) is 1.44. The minimum Gasteiger partial charge on any atom is -0.501 e. The average Bonchev–Trinajstić information content (AvgIpc) is 2.27. The molecule has 0 saturated heterocycles. The molecular weight excluding hydrogens is 271 g/mol. The Hall–Kier alpha value is -1.97. The molecule has 0 aliphatic rings. The molecule has 0 fully saturated rings. The molecular formula is C9H4N2NaO7+. The summed E-state index contributed by atoms with van der Waals surface area (Å²) in [5.41, 5.74) is -3.03. The van der Waals surface area contributed by atoms with Gasteiger partial charge >= 0.3 is 40.9 Å². The minimum atomic E-state index is -1.32. The first-order valence-electron chi connectivity index (χ1n) is 4.50. The molecule has 1 heterocycles. The average molecular weight is 275 g/mol. The van der Waals surface area contributed by atoms with Crippen LogP contribution in [0.1, 0.15) is 0 Å². The predicted octanol–water partition coefficient (Wildman–Crippen LogP) is -1.68. The SMILES string of the molecule is O=c1oc2ccc([N+](=O)[O-])cc2c(O)c1[N+](=O)[O-].[Na+]. The fraction of sp³-hybridized carbons (Fsp3) is 0. The van der Waals surface area contributed by atoms with E-state index in [1.165, 1.54) is 0 Å². The number of aromatic hydroxyl groups is 1. The molecule has 0 atom stereocenters. The number of non-ortho nitro benzene ring substituents is 1. The fourth-order valence-corrected chi connectivity index (χ4v) is 1.44. The van der Waals surface area contributed by atoms with Gasteiger partial charge in [0.25, 0.3) is 5.69 Å². The van der Waals surface area contributed by atoms with E-state index in [1.807, 2.05) is 0 Å². The molecule has 0 aliphatic carbocycles. The summed E-state index contributed by atoms with van der Waals surface area (Å²) in [5.74, 6) is -0.949. The van der Waals surface area contributed by atoms with E-state index in [9.17, 15) is 30.1 Å². The van der Waals surface area contributed by atoms with Crippen molar-refractivity contribution in [3.8, 4) is 5.75 Å². The van der Waals surface area contributed by atoms with Crippen LogP contribution in [0.2, 0.25) is 0 Å². The van der Waals surface area contributed by atoms with Crippen molar-refractivity contribution >= 4 is 22.3 Å². The van der Waals surface area contributed by atoms with Crippen molar-refractivity contribution in [3.05, 3.63) is 48.8 Å². The van der Waals surface area contributed by atoms with Crippen LogP contribution in [0.4, 0.5) is 11.4 Å². The van der Waals surface area contributed by atoms with Gasteiger partial charge in [-0.25, -0.2) is 4.79 Å². The van der Waals surface area contributed by atoms with Crippen molar-refractivity contribution in [2.75, 3.05) is 0 Å². The second-order valence-electron chi connectivity index (χ2n) is 3.28. The Labute approximate surface area is 126 Å². The van der Waals surface area contributed by atoms with Crippen LogP contribution in [-0.2, 0) is 0 Å². The molecule has 92 valence electrons. The molecule has 2 aromatic rings. The number of benzene rings is 1. The van der Waals surface area contributed by atoms with Gasteiger partial charge in [0, 0.05) is 12.1 Å². The first kappa shape index (κ1) is 15.1. The third-order valence-corrected chi connectivity index (χ3v) is 2.23. The van der Waals surface area contributed by atoms with Gasteiger partial charge in [-0.05, 0) is 6.07 Å². The van der Waals surface area contributed by atoms with Gasteiger partial charge in [-0.3, -0.25) is 20.2 Å². The van der Waals surface area contributed by atoms with E-state index in [0.29, 0.717) is 0 Å². The van der Waals surface area contributed by atoms with Crippen LogP contribution in [0.3, 0.4) is 0 Å². The van der Waals surface area contributed by atoms with Crippen LogP contribution in [0.5, 0.6) is 5.75 Å². The molecule has 0 amide bonds. The van der Waals surface area contributed by atoms with E-state index in [4.69, 9.17) is 0 Å². The predicted molar refractivity (Wildman–Crippen MR) is 57.5 cm³/mol. The van der Waals surface area contributed by atoms with Crippen LogP contribution < -0.4 is 35.2 Å². The number of nitrogens with zero attached hydrogens (tertiary/aromatic N) is 2. The summed E-state index contributed by atoms with van der Waals surface area (Å²) in [7, 11) is 0. The first-order chi connectivity index (χ1) is 8.41. The second-order valence-corrected chi connectivity index (χ2v) is 3.28. The van der Waals surface area contributed by atoms with E-state index in [0.717, 1.165) is 18.2 Å². The number of hydrogen-bond donors (Lipinski definition) is 1. The molecule has 0 saturated carbocycles. The molecule has 0 unspecified atom stereocenters. The summed E-state index contributed by atoms with van der Waals surface area (Å²) in [6.45, 7) is 0. The Morgan fingerprint density at radius 2 is 1.79 bits per heavy atom. The first-order valence-corrected chi connectivity index (χ1v) is 4.50. The Morgan fingerprint density at radius 1 is 1.16 bits per heavy atom. The largest absolute Gasteiger partial charge is 1.00 e. The molecule has 0 spiro atoms. The normalized spacial score (nSPS) is 9.89. The smallest absolute Gasteiger partial charge is 0.501 e. The van der Waals surface area contributed by atoms with E-state index < -0.39 is 26.9 Å². The molecule has 10 heteroatoms. The van der Waals surface area contributed by atoms with E-state index in [1.54, 1.807) is 0 Å². The van der Waals surface area contributed by atoms with Crippen LogP contribution in [0.15, 0.2) is 27.4 Å². The van der Waals surface area contributed by atoms with Crippen molar-refractivity contribution in [3.63, 3.8) is 0 Å². The molecule has 1 N–H and O–H groups in total.